The van der Waals surface area contributed by atoms with Gasteiger partial charge in [0.1, 0.15) is 6.10 Å². The van der Waals surface area contributed by atoms with Crippen LogP contribution in [0, 0.1) is 0 Å². The van der Waals surface area contributed by atoms with Gasteiger partial charge >= 0.3 is 0 Å². The molecule has 0 spiro atoms. The smallest absolute Gasteiger partial charge is 0.163 e. The summed E-state index contributed by atoms with van der Waals surface area (Å²) >= 11 is 0. The molecule has 2 aromatic rings. The molecule has 0 aliphatic heterocycles. The van der Waals surface area contributed by atoms with Crippen LogP contribution in [0.3, 0.4) is 0 Å². The first-order valence-corrected chi connectivity index (χ1v) is 7.70. The third-order valence-corrected chi connectivity index (χ3v) is 5.28. The molecular formula is C20H18O2. The molecule has 2 heteroatoms. The van der Waals surface area contributed by atoms with Gasteiger partial charge in [-0.1, -0.05) is 54.6 Å². The molecule has 0 saturated carbocycles. The summed E-state index contributed by atoms with van der Waals surface area (Å²) in [7, 11) is 0. The van der Waals surface area contributed by atoms with E-state index < -0.39 is 11.5 Å². The van der Waals surface area contributed by atoms with Gasteiger partial charge in [0.2, 0.25) is 0 Å². The number of fused-ring (bicyclic) bond motifs is 2. The van der Waals surface area contributed by atoms with E-state index in [1.807, 2.05) is 30.3 Å². The standard InChI is InChI=1S/C20H18O2/c1-2-11-20-16-9-5-3-7-13(16)15(12-18(21)19(20)22)14-8-4-6-10-17(14)20/h2-10,15,19,22H,1,11-12H2/t15?,19-,20?/m1/s1. The number of carbonyl (C=O) groups excluding carboxylic acids is 1. The summed E-state index contributed by atoms with van der Waals surface area (Å²) in [4.78, 5) is 12.6. The van der Waals surface area contributed by atoms with Gasteiger partial charge in [0.15, 0.2) is 5.78 Å². The molecule has 2 bridgehead atoms. The van der Waals surface area contributed by atoms with Crippen molar-refractivity contribution in [2.24, 2.45) is 0 Å². The Morgan fingerprint density at radius 3 is 2.18 bits per heavy atom. The Morgan fingerprint density at radius 1 is 1.09 bits per heavy atom. The fraction of sp³-hybridized carbons (Fsp3) is 0.250. The third-order valence-electron chi connectivity index (χ3n) is 5.28. The number of aliphatic hydroxyl groups is 1. The predicted octanol–water partition coefficient (Wildman–Crippen LogP) is 3.33. The van der Waals surface area contributed by atoms with Crippen LogP contribution in [0.15, 0.2) is 61.2 Å². The summed E-state index contributed by atoms with van der Waals surface area (Å²) in [5, 5.41) is 10.9. The summed E-state index contributed by atoms with van der Waals surface area (Å²) in [6.07, 6.45) is 1.73. The molecule has 0 aromatic heterocycles. The van der Waals surface area contributed by atoms with E-state index >= 15 is 0 Å². The first-order chi connectivity index (χ1) is 10.7. The Kier molecular flexibility index (Phi) is 2.85. The van der Waals surface area contributed by atoms with Gasteiger partial charge in [-0.2, -0.15) is 0 Å². The average molecular weight is 290 g/mol. The molecule has 3 aliphatic rings. The molecule has 2 aromatic carbocycles. The number of Topliss-reactive ketones (excluding diaryl/α,β-unsaturated/α-hetero) is 1. The van der Waals surface area contributed by atoms with E-state index in [2.05, 4.69) is 30.8 Å². The molecule has 2 nitrogen and oxygen atoms in total. The Hall–Kier alpha value is -2.19. The van der Waals surface area contributed by atoms with Crippen LogP contribution in [-0.2, 0) is 10.2 Å². The molecular weight excluding hydrogens is 272 g/mol. The van der Waals surface area contributed by atoms with Crippen molar-refractivity contribution >= 4 is 5.78 Å². The third kappa shape index (κ3) is 1.51. The molecule has 1 N–H and O–H groups in total. The maximum absolute atomic E-state index is 12.6. The quantitative estimate of drug-likeness (QED) is 0.861. The van der Waals surface area contributed by atoms with E-state index in [-0.39, 0.29) is 11.7 Å². The first-order valence-electron chi connectivity index (χ1n) is 7.70. The predicted molar refractivity (Wildman–Crippen MR) is 86.0 cm³/mol. The SMILES string of the molecule is C=CCC12c3ccccc3C(CC(=O)[C@H]1O)c1ccccc12. The first kappa shape index (κ1) is 13.5. The van der Waals surface area contributed by atoms with E-state index in [9.17, 15) is 9.90 Å². The Morgan fingerprint density at radius 2 is 1.64 bits per heavy atom. The van der Waals surface area contributed by atoms with Gasteiger partial charge in [-0.05, 0) is 28.7 Å². The van der Waals surface area contributed by atoms with Crippen molar-refractivity contribution in [3.8, 4) is 0 Å². The monoisotopic (exact) mass is 290 g/mol. The lowest BCUT2D eigenvalue weighted by molar-refractivity contribution is -0.129. The molecule has 0 unspecified atom stereocenters. The lowest BCUT2D eigenvalue weighted by atomic mass is 9.61. The number of allylic oxidation sites excluding steroid dienone is 1. The minimum absolute atomic E-state index is 0.0509. The van der Waals surface area contributed by atoms with Crippen LogP contribution in [0.25, 0.3) is 0 Å². The fourth-order valence-corrected chi connectivity index (χ4v) is 4.39. The van der Waals surface area contributed by atoms with Gasteiger partial charge in [0.05, 0.1) is 5.41 Å². The van der Waals surface area contributed by atoms with E-state index in [4.69, 9.17) is 0 Å². The summed E-state index contributed by atoms with van der Waals surface area (Å²) < 4.78 is 0. The molecule has 0 radical (unpaired) electrons. The van der Waals surface area contributed by atoms with Gasteiger partial charge in [-0.25, -0.2) is 0 Å². The number of aliphatic hydroxyl groups excluding tert-OH is 1. The Balaban J connectivity index is 2.15. The van der Waals surface area contributed by atoms with Crippen LogP contribution in [0.4, 0.5) is 0 Å². The van der Waals surface area contributed by atoms with E-state index in [1.54, 1.807) is 0 Å². The maximum atomic E-state index is 12.6. The number of hydrogen-bond acceptors (Lipinski definition) is 2. The summed E-state index contributed by atoms with van der Waals surface area (Å²) in [6.45, 7) is 3.88. The van der Waals surface area contributed by atoms with Crippen molar-refractivity contribution in [1.82, 2.24) is 0 Å². The molecule has 110 valence electrons. The van der Waals surface area contributed by atoms with Crippen LogP contribution in [0.1, 0.15) is 41.0 Å². The molecule has 5 rings (SSSR count). The highest BCUT2D eigenvalue weighted by Gasteiger charge is 2.53. The minimum atomic E-state index is -1.01. The molecule has 0 fully saturated rings. The van der Waals surface area contributed by atoms with Gasteiger partial charge in [-0.15, -0.1) is 6.58 Å². The van der Waals surface area contributed by atoms with E-state index in [0.29, 0.717) is 12.8 Å². The van der Waals surface area contributed by atoms with Gasteiger partial charge in [-0.3, -0.25) is 4.79 Å². The van der Waals surface area contributed by atoms with Crippen molar-refractivity contribution in [3.05, 3.63) is 83.4 Å². The average Bonchev–Trinajstić information content (AvgIpc) is 2.70. The lowest BCUT2D eigenvalue weighted by Gasteiger charge is -2.42. The zero-order valence-corrected chi connectivity index (χ0v) is 12.3. The molecule has 0 amide bonds. The number of carbonyl (C=O) groups is 1. The van der Waals surface area contributed by atoms with Crippen molar-refractivity contribution in [2.75, 3.05) is 0 Å². The molecule has 1 atom stereocenters. The zero-order chi connectivity index (χ0) is 15.3. The van der Waals surface area contributed by atoms with Crippen LogP contribution in [0.2, 0.25) is 0 Å². The fourth-order valence-electron chi connectivity index (χ4n) is 4.39. The topological polar surface area (TPSA) is 37.3 Å². The van der Waals surface area contributed by atoms with E-state index in [1.165, 1.54) is 11.1 Å². The lowest BCUT2D eigenvalue weighted by Crippen LogP contribution is -2.45. The molecule has 0 saturated heterocycles. The normalized spacial score (nSPS) is 28.7. The zero-order valence-electron chi connectivity index (χ0n) is 12.3. The molecule has 22 heavy (non-hydrogen) atoms. The van der Waals surface area contributed by atoms with Crippen molar-refractivity contribution in [3.63, 3.8) is 0 Å². The van der Waals surface area contributed by atoms with E-state index in [0.717, 1.165) is 11.1 Å². The Bertz CT molecular complexity index is 727. The molecule has 0 heterocycles. The number of rotatable bonds is 2. The number of ketones is 1. The minimum Gasteiger partial charge on any atom is -0.384 e. The number of benzene rings is 2. The van der Waals surface area contributed by atoms with Crippen LogP contribution >= 0.6 is 0 Å². The van der Waals surface area contributed by atoms with Crippen LogP contribution in [-0.4, -0.2) is 17.0 Å². The largest absolute Gasteiger partial charge is 0.384 e. The molecule has 3 aliphatic carbocycles. The van der Waals surface area contributed by atoms with Gasteiger partial charge in [0.25, 0.3) is 0 Å². The van der Waals surface area contributed by atoms with Gasteiger partial charge in [0, 0.05) is 12.3 Å². The second-order valence-corrected chi connectivity index (χ2v) is 6.26. The maximum Gasteiger partial charge on any atom is 0.163 e. The van der Waals surface area contributed by atoms with Crippen LogP contribution < -0.4 is 0 Å². The highest BCUT2D eigenvalue weighted by atomic mass is 16.3. The van der Waals surface area contributed by atoms with Crippen molar-refractivity contribution in [2.45, 2.75) is 30.3 Å². The number of hydrogen-bond donors (Lipinski definition) is 1. The van der Waals surface area contributed by atoms with Gasteiger partial charge < -0.3 is 5.11 Å². The second kappa shape index (κ2) is 4.65. The van der Waals surface area contributed by atoms with Crippen LogP contribution in [0.5, 0.6) is 0 Å². The van der Waals surface area contributed by atoms with Crippen molar-refractivity contribution < 1.29 is 9.90 Å². The summed E-state index contributed by atoms with van der Waals surface area (Å²) in [6, 6.07) is 16.3. The van der Waals surface area contributed by atoms with Crippen molar-refractivity contribution in [1.29, 1.82) is 0 Å². The highest BCUT2D eigenvalue weighted by molar-refractivity contribution is 5.90. The summed E-state index contributed by atoms with van der Waals surface area (Å²) in [5.74, 6) is -0.0192. The highest BCUT2D eigenvalue weighted by Crippen LogP contribution is 2.54. The Labute approximate surface area is 130 Å². The summed E-state index contributed by atoms with van der Waals surface area (Å²) in [5.41, 5.74) is 3.81. The second-order valence-electron chi connectivity index (χ2n) is 6.26.